The highest BCUT2D eigenvalue weighted by molar-refractivity contribution is 8.00. The minimum absolute atomic E-state index is 0.453. The Hall–Kier alpha value is -0.190. The highest BCUT2D eigenvalue weighted by Crippen LogP contribution is 2.40. The van der Waals surface area contributed by atoms with Crippen LogP contribution in [0.4, 0.5) is 0 Å². The second kappa shape index (κ2) is 4.36. The average Bonchev–Trinajstić information content (AvgIpc) is 2.61. The third kappa shape index (κ3) is 2.32. The van der Waals surface area contributed by atoms with Crippen LogP contribution in [0, 0.1) is 6.92 Å². The number of fused-ring (bicyclic) bond motifs is 1. The summed E-state index contributed by atoms with van der Waals surface area (Å²) in [6, 6.07) is 8.09. The standard InChI is InChI=1S/C11H12NS3/c1-2-7-11(13,14)10-12-8-5-3-4-6-9(8)15-10/h3-6,13-14H,1-2,7H2. The number of thiol groups is 2. The molecule has 0 unspecified atom stereocenters. The molecule has 1 nitrogen and oxygen atoms in total. The normalized spacial score (nSPS) is 12.2. The zero-order valence-electron chi connectivity index (χ0n) is 8.18. The highest BCUT2D eigenvalue weighted by Gasteiger charge is 2.25. The van der Waals surface area contributed by atoms with Crippen molar-refractivity contribution >= 4 is 46.8 Å². The quantitative estimate of drug-likeness (QED) is 0.625. The monoisotopic (exact) mass is 254 g/mol. The first-order valence-electron chi connectivity index (χ1n) is 4.73. The zero-order valence-corrected chi connectivity index (χ0v) is 10.8. The first kappa shape index (κ1) is 11.3. The van der Waals surface area contributed by atoms with Gasteiger partial charge in [0.1, 0.15) is 9.09 Å². The minimum atomic E-state index is -0.453. The largest absolute Gasteiger partial charge is 0.239 e. The maximum Gasteiger partial charge on any atom is 0.120 e. The van der Waals surface area contributed by atoms with E-state index in [0.29, 0.717) is 0 Å². The molecule has 0 aliphatic rings. The van der Waals surface area contributed by atoms with E-state index in [4.69, 9.17) is 0 Å². The molecule has 15 heavy (non-hydrogen) atoms. The van der Waals surface area contributed by atoms with Crippen molar-refractivity contribution in [3.63, 3.8) is 0 Å². The molecule has 1 aromatic carbocycles. The summed E-state index contributed by atoms with van der Waals surface area (Å²) < 4.78 is 0.731. The summed E-state index contributed by atoms with van der Waals surface area (Å²) in [6.07, 6.45) is 1.63. The second-order valence-corrected chi connectivity index (χ2v) is 6.32. The van der Waals surface area contributed by atoms with Gasteiger partial charge in [0.15, 0.2) is 0 Å². The van der Waals surface area contributed by atoms with Crippen molar-refractivity contribution in [3.8, 4) is 0 Å². The van der Waals surface area contributed by atoms with E-state index in [0.717, 1.165) is 23.4 Å². The van der Waals surface area contributed by atoms with Crippen LogP contribution in [-0.4, -0.2) is 4.98 Å². The molecule has 1 aromatic heterocycles. The molecule has 0 aliphatic heterocycles. The Kier molecular flexibility index (Phi) is 3.28. The lowest BCUT2D eigenvalue weighted by Crippen LogP contribution is -2.09. The Morgan fingerprint density at radius 3 is 2.73 bits per heavy atom. The lowest BCUT2D eigenvalue weighted by Gasteiger charge is -2.18. The summed E-state index contributed by atoms with van der Waals surface area (Å²) in [6.45, 7) is 3.83. The van der Waals surface area contributed by atoms with Crippen molar-refractivity contribution in [3.05, 3.63) is 36.2 Å². The lowest BCUT2D eigenvalue weighted by molar-refractivity contribution is 0.775. The molecular formula is C11H12NS3. The van der Waals surface area contributed by atoms with E-state index in [2.05, 4.69) is 43.2 Å². The van der Waals surface area contributed by atoms with Crippen LogP contribution in [0.15, 0.2) is 24.3 Å². The Balaban J connectivity index is 2.44. The topological polar surface area (TPSA) is 12.9 Å². The van der Waals surface area contributed by atoms with Gasteiger partial charge in [-0.15, -0.1) is 11.3 Å². The number of rotatable bonds is 3. The predicted molar refractivity (Wildman–Crippen MR) is 73.9 cm³/mol. The fourth-order valence-corrected chi connectivity index (χ4v) is 3.07. The molecule has 0 aliphatic carbocycles. The van der Waals surface area contributed by atoms with E-state index >= 15 is 0 Å². The van der Waals surface area contributed by atoms with Gasteiger partial charge < -0.3 is 0 Å². The van der Waals surface area contributed by atoms with Crippen LogP contribution in [0.3, 0.4) is 0 Å². The van der Waals surface area contributed by atoms with Crippen molar-refractivity contribution in [1.29, 1.82) is 0 Å². The van der Waals surface area contributed by atoms with Crippen molar-refractivity contribution in [1.82, 2.24) is 4.98 Å². The van der Waals surface area contributed by atoms with Crippen LogP contribution in [-0.2, 0) is 4.08 Å². The van der Waals surface area contributed by atoms with Crippen LogP contribution in [0.25, 0.3) is 10.2 Å². The van der Waals surface area contributed by atoms with Gasteiger partial charge in [-0.1, -0.05) is 25.5 Å². The van der Waals surface area contributed by atoms with Gasteiger partial charge >= 0.3 is 0 Å². The van der Waals surface area contributed by atoms with E-state index < -0.39 is 4.08 Å². The number of aromatic nitrogens is 1. The maximum absolute atomic E-state index is 4.54. The van der Waals surface area contributed by atoms with E-state index in [1.807, 2.05) is 18.2 Å². The number of benzene rings is 1. The smallest absolute Gasteiger partial charge is 0.120 e. The molecule has 0 N–H and O–H groups in total. The third-order valence-corrected chi connectivity index (χ3v) is 4.53. The Bertz CT molecular complexity index is 429. The summed E-state index contributed by atoms with van der Waals surface area (Å²) in [7, 11) is 0. The molecule has 0 saturated heterocycles. The van der Waals surface area contributed by atoms with Gasteiger partial charge in [0, 0.05) is 0 Å². The summed E-state index contributed by atoms with van der Waals surface area (Å²) in [5.41, 5.74) is 1.02. The van der Waals surface area contributed by atoms with Gasteiger partial charge in [-0.2, -0.15) is 25.3 Å². The predicted octanol–water partition coefficient (Wildman–Crippen LogP) is 3.92. The maximum atomic E-state index is 4.54. The van der Waals surface area contributed by atoms with Crippen molar-refractivity contribution in [2.24, 2.45) is 0 Å². The molecule has 1 radical (unpaired) electrons. The van der Waals surface area contributed by atoms with Gasteiger partial charge in [0.05, 0.1) is 10.2 Å². The van der Waals surface area contributed by atoms with E-state index in [1.54, 1.807) is 11.3 Å². The number of thiazole rings is 1. The van der Waals surface area contributed by atoms with Crippen molar-refractivity contribution < 1.29 is 0 Å². The van der Waals surface area contributed by atoms with Crippen LogP contribution in [0.1, 0.15) is 17.8 Å². The summed E-state index contributed by atoms with van der Waals surface area (Å²) in [5.74, 6) is 0. The summed E-state index contributed by atoms with van der Waals surface area (Å²) >= 11 is 10.7. The molecular weight excluding hydrogens is 242 g/mol. The van der Waals surface area contributed by atoms with Crippen molar-refractivity contribution in [2.45, 2.75) is 16.9 Å². The molecule has 0 spiro atoms. The molecule has 0 saturated carbocycles. The molecule has 4 heteroatoms. The van der Waals surface area contributed by atoms with E-state index in [-0.39, 0.29) is 0 Å². The zero-order chi connectivity index (χ0) is 10.9. The Morgan fingerprint density at radius 1 is 1.33 bits per heavy atom. The summed E-state index contributed by atoms with van der Waals surface area (Å²) in [4.78, 5) is 4.54. The van der Waals surface area contributed by atoms with Gasteiger partial charge in [0.25, 0.3) is 0 Å². The summed E-state index contributed by atoms with van der Waals surface area (Å²) in [5, 5.41) is 0.957. The van der Waals surface area contributed by atoms with Gasteiger partial charge in [-0.05, 0) is 18.6 Å². The highest BCUT2D eigenvalue weighted by atomic mass is 32.2. The van der Waals surface area contributed by atoms with Gasteiger partial charge in [-0.3, -0.25) is 0 Å². The third-order valence-electron chi connectivity index (χ3n) is 2.16. The van der Waals surface area contributed by atoms with Gasteiger partial charge in [-0.25, -0.2) is 4.98 Å². The SMILES string of the molecule is [CH2]CCC(S)(S)c1nc2ccccc2s1. The Morgan fingerprint density at radius 2 is 2.07 bits per heavy atom. The fourth-order valence-electron chi connectivity index (χ4n) is 1.40. The first-order chi connectivity index (χ1) is 7.13. The molecule has 2 rings (SSSR count). The molecule has 0 bridgehead atoms. The molecule has 0 atom stereocenters. The molecule has 0 amide bonds. The van der Waals surface area contributed by atoms with Crippen LogP contribution < -0.4 is 0 Å². The number of hydrogen-bond acceptors (Lipinski definition) is 4. The fraction of sp³-hybridized carbons (Fsp3) is 0.273. The first-order valence-corrected chi connectivity index (χ1v) is 6.44. The average molecular weight is 254 g/mol. The lowest BCUT2D eigenvalue weighted by atomic mass is 10.2. The molecule has 2 aromatic rings. The van der Waals surface area contributed by atoms with E-state index in [1.165, 1.54) is 4.70 Å². The van der Waals surface area contributed by atoms with Crippen LogP contribution in [0.5, 0.6) is 0 Å². The molecule has 79 valence electrons. The number of para-hydroxylation sites is 1. The Labute approximate surface area is 105 Å². The number of hydrogen-bond donors (Lipinski definition) is 2. The molecule has 1 heterocycles. The second-order valence-electron chi connectivity index (χ2n) is 3.41. The van der Waals surface area contributed by atoms with E-state index in [9.17, 15) is 0 Å². The minimum Gasteiger partial charge on any atom is -0.239 e. The van der Waals surface area contributed by atoms with Crippen molar-refractivity contribution in [2.75, 3.05) is 0 Å². The number of nitrogens with zero attached hydrogens (tertiary/aromatic N) is 1. The van der Waals surface area contributed by atoms with Crippen LogP contribution in [0.2, 0.25) is 0 Å². The van der Waals surface area contributed by atoms with Crippen LogP contribution >= 0.6 is 36.6 Å². The molecule has 0 fully saturated rings. The van der Waals surface area contributed by atoms with Gasteiger partial charge in [0.2, 0.25) is 0 Å².